The van der Waals surface area contributed by atoms with E-state index >= 15 is 0 Å². The number of benzene rings is 2. The number of alkyl halides is 1. The van der Waals surface area contributed by atoms with Crippen molar-refractivity contribution in [2.24, 2.45) is 17.8 Å². The fourth-order valence-electron chi connectivity index (χ4n) is 8.05. The summed E-state index contributed by atoms with van der Waals surface area (Å²) in [5.74, 6) is 0.451. The average molecular weight is 629 g/mol. The summed E-state index contributed by atoms with van der Waals surface area (Å²) in [5, 5.41) is 14.4. The second-order valence-electron chi connectivity index (χ2n) is 13.1. The number of halogens is 1. The van der Waals surface area contributed by atoms with Crippen LogP contribution in [0.1, 0.15) is 52.0 Å². The first-order chi connectivity index (χ1) is 19.7. The van der Waals surface area contributed by atoms with Gasteiger partial charge in [0.15, 0.2) is 11.9 Å². The molecule has 1 spiro atoms. The zero-order chi connectivity index (χ0) is 28.4. The van der Waals surface area contributed by atoms with E-state index in [1.165, 1.54) is 5.69 Å². The second kappa shape index (κ2) is 10.4. The van der Waals surface area contributed by atoms with E-state index in [0.717, 1.165) is 63.1 Å². The lowest BCUT2D eigenvalue weighted by Gasteiger charge is -2.62. The Bertz CT molecular complexity index is 1260. The maximum absolute atomic E-state index is 10.8. The zero-order valence-electron chi connectivity index (χ0n) is 24.2. The van der Waals surface area contributed by atoms with Gasteiger partial charge in [-0.15, -0.1) is 0 Å². The number of phenols is 1. The van der Waals surface area contributed by atoms with Gasteiger partial charge in [-0.05, 0) is 75.3 Å². The molecule has 5 heterocycles. The van der Waals surface area contributed by atoms with Crippen LogP contribution in [0.25, 0.3) is 0 Å². The molecule has 6 fully saturated rings. The van der Waals surface area contributed by atoms with Crippen LogP contribution in [-0.2, 0) is 25.8 Å². The Morgan fingerprint density at radius 3 is 2.56 bits per heavy atom. The van der Waals surface area contributed by atoms with Crippen molar-refractivity contribution in [1.29, 1.82) is 0 Å². The standard InChI is InChI=1S/C32H42BrN3O5/c1-21-9-12-27-31(3,33)28(38-29-32(27)25(21)13-14-30(2,39-29)40-41-32)34-23-10-11-26(37)22(19-23)20-35-15-17-36(18-16-35)24-7-5-4-6-8-24/h4-8,10-11,19,21,25,27-29,34,37H,9,12-18,20H2,1-3H3/t21-,25?,27?,28?,29-,30+,31+,32-/m1/s1. The molecule has 2 aromatic rings. The highest BCUT2D eigenvalue weighted by molar-refractivity contribution is 9.10. The number of phenolic OH excluding ortho intramolecular Hbond substituents is 1. The lowest BCUT2D eigenvalue weighted by atomic mass is 9.58. The Balaban J connectivity index is 1.08. The average Bonchev–Trinajstić information content (AvgIpc) is 3.20. The van der Waals surface area contributed by atoms with Gasteiger partial charge in [0.2, 0.25) is 5.79 Å². The number of nitrogens with one attached hydrogen (secondary N) is 1. The minimum Gasteiger partial charge on any atom is -0.508 e. The number of hydrogen-bond donors (Lipinski definition) is 2. The predicted molar refractivity (Wildman–Crippen MR) is 161 cm³/mol. The molecule has 3 unspecified atom stereocenters. The Hall–Kier alpha value is -1.88. The van der Waals surface area contributed by atoms with E-state index in [9.17, 15) is 5.11 Å². The van der Waals surface area contributed by atoms with Gasteiger partial charge in [-0.25, -0.2) is 9.78 Å². The summed E-state index contributed by atoms with van der Waals surface area (Å²) < 4.78 is 12.9. The van der Waals surface area contributed by atoms with Gasteiger partial charge in [0.1, 0.15) is 12.0 Å². The second-order valence-corrected chi connectivity index (χ2v) is 14.8. The van der Waals surface area contributed by atoms with Gasteiger partial charge in [-0.2, -0.15) is 0 Å². The van der Waals surface area contributed by atoms with Crippen LogP contribution in [0.3, 0.4) is 0 Å². The minimum absolute atomic E-state index is 0.132. The minimum atomic E-state index is -0.807. The molecule has 9 heteroatoms. The van der Waals surface area contributed by atoms with Gasteiger partial charge in [-0.3, -0.25) is 4.90 Å². The van der Waals surface area contributed by atoms with E-state index in [1.807, 2.05) is 13.0 Å². The first-order valence-corrected chi connectivity index (χ1v) is 16.0. The number of hydrogen-bond acceptors (Lipinski definition) is 8. The molecule has 6 aliphatic rings. The van der Waals surface area contributed by atoms with Gasteiger partial charge < -0.3 is 24.8 Å². The summed E-state index contributed by atoms with van der Waals surface area (Å²) in [4.78, 5) is 17.1. The van der Waals surface area contributed by atoms with Crippen molar-refractivity contribution in [2.45, 2.75) is 81.2 Å². The SMILES string of the molecule is C[C@@H]1CCC2[C@](C)(Br)C(Nc3ccc(O)c(CN4CCN(c5ccccc5)CC4)c3)O[C@@H]3O[C@]4(C)CCC1[C@@]23OO4. The Labute approximate surface area is 251 Å². The van der Waals surface area contributed by atoms with Crippen molar-refractivity contribution in [3.05, 3.63) is 54.1 Å². The molecule has 8 nitrogen and oxygen atoms in total. The smallest absolute Gasteiger partial charge is 0.201 e. The summed E-state index contributed by atoms with van der Waals surface area (Å²) in [7, 11) is 0. The molecule has 0 radical (unpaired) electrons. The topological polar surface area (TPSA) is 75.7 Å². The summed E-state index contributed by atoms with van der Waals surface area (Å²) in [6, 6.07) is 16.3. The Morgan fingerprint density at radius 1 is 1.00 bits per heavy atom. The molecular weight excluding hydrogens is 586 g/mol. The lowest BCUT2D eigenvalue weighted by molar-refractivity contribution is -0.568. The highest BCUT2D eigenvalue weighted by Gasteiger charge is 2.72. The third-order valence-corrected chi connectivity index (χ3v) is 11.4. The maximum Gasteiger partial charge on any atom is 0.201 e. The third-order valence-electron chi connectivity index (χ3n) is 10.4. The van der Waals surface area contributed by atoms with Crippen molar-refractivity contribution in [3.8, 4) is 5.75 Å². The molecular formula is C32H42BrN3O5. The number of fused-ring (bicyclic) bond motifs is 2. The molecule has 0 aromatic heterocycles. The third kappa shape index (κ3) is 4.77. The van der Waals surface area contributed by atoms with Crippen molar-refractivity contribution < 1.29 is 24.4 Å². The quantitative estimate of drug-likeness (QED) is 0.243. The Kier molecular flexibility index (Phi) is 7.07. The summed E-state index contributed by atoms with van der Waals surface area (Å²) in [5.41, 5.74) is 2.44. The molecule has 5 saturated heterocycles. The highest BCUT2D eigenvalue weighted by Crippen LogP contribution is 2.63. The fraction of sp³-hybridized carbons (Fsp3) is 0.625. The Morgan fingerprint density at radius 2 is 1.78 bits per heavy atom. The van der Waals surface area contributed by atoms with Crippen LogP contribution in [0.4, 0.5) is 11.4 Å². The van der Waals surface area contributed by atoms with Crippen molar-refractivity contribution in [1.82, 2.24) is 4.90 Å². The molecule has 2 N–H and O–H groups in total. The number of piperazine rings is 1. The van der Waals surface area contributed by atoms with Crippen molar-refractivity contribution >= 4 is 27.3 Å². The van der Waals surface area contributed by atoms with E-state index < -0.39 is 22.0 Å². The van der Waals surface area contributed by atoms with Crippen LogP contribution in [0.5, 0.6) is 5.75 Å². The first kappa shape index (κ1) is 27.9. The van der Waals surface area contributed by atoms with Gasteiger partial charge in [0.25, 0.3) is 0 Å². The van der Waals surface area contributed by atoms with E-state index in [-0.39, 0.29) is 12.1 Å². The predicted octanol–water partition coefficient (Wildman–Crippen LogP) is 5.85. The van der Waals surface area contributed by atoms with Gasteiger partial charge in [0, 0.05) is 62.0 Å². The lowest BCUT2D eigenvalue weighted by Crippen LogP contribution is -2.74. The zero-order valence-corrected chi connectivity index (χ0v) is 25.8. The number of ether oxygens (including phenoxy) is 2. The molecule has 5 aliphatic heterocycles. The van der Waals surface area contributed by atoms with Crippen molar-refractivity contribution in [2.75, 3.05) is 36.4 Å². The van der Waals surface area contributed by atoms with Crippen LogP contribution in [0, 0.1) is 17.8 Å². The number of para-hydroxylation sites is 1. The van der Waals surface area contributed by atoms with E-state index in [0.29, 0.717) is 24.1 Å². The number of nitrogens with zero attached hydrogens (tertiary/aromatic N) is 2. The molecule has 41 heavy (non-hydrogen) atoms. The van der Waals surface area contributed by atoms with Crippen LogP contribution >= 0.6 is 15.9 Å². The van der Waals surface area contributed by atoms with Crippen LogP contribution < -0.4 is 10.2 Å². The first-order valence-electron chi connectivity index (χ1n) is 15.2. The monoisotopic (exact) mass is 627 g/mol. The summed E-state index contributed by atoms with van der Waals surface area (Å²) in [6.45, 7) is 11.0. The largest absolute Gasteiger partial charge is 0.508 e. The summed E-state index contributed by atoms with van der Waals surface area (Å²) in [6.07, 6.45) is 3.03. The van der Waals surface area contributed by atoms with E-state index in [1.54, 1.807) is 6.07 Å². The number of aromatic hydroxyl groups is 1. The molecule has 8 rings (SSSR count). The van der Waals surface area contributed by atoms with Crippen molar-refractivity contribution in [3.63, 3.8) is 0 Å². The maximum atomic E-state index is 10.8. The van der Waals surface area contributed by atoms with E-state index in [4.69, 9.17) is 19.2 Å². The van der Waals surface area contributed by atoms with Crippen LogP contribution in [0.2, 0.25) is 0 Å². The summed E-state index contributed by atoms with van der Waals surface area (Å²) >= 11 is 4.12. The van der Waals surface area contributed by atoms with Crippen LogP contribution in [0.15, 0.2) is 48.5 Å². The molecule has 0 amide bonds. The van der Waals surface area contributed by atoms with Gasteiger partial charge >= 0.3 is 0 Å². The van der Waals surface area contributed by atoms with Gasteiger partial charge in [0.05, 0.1) is 4.32 Å². The van der Waals surface area contributed by atoms with Crippen LogP contribution in [-0.4, -0.2) is 64.4 Å². The molecule has 2 bridgehead atoms. The molecule has 1 saturated carbocycles. The molecule has 8 atom stereocenters. The normalized spacial score (nSPS) is 40.6. The molecule has 2 aromatic carbocycles. The molecule has 222 valence electrons. The molecule has 1 aliphatic carbocycles. The number of anilines is 2. The van der Waals surface area contributed by atoms with Gasteiger partial charge in [-0.1, -0.05) is 41.1 Å². The van der Waals surface area contributed by atoms with E-state index in [2.05, 4.69) is 81.3 Å². The fourth-order valence-corrected chi connectivity index (χ4v) is 8.86. The highest BCUT2D eigenvalue weighted by atomic mass is 79.9. The number of rotatable bonds is 5.